The molecule has 0 N–H and O–H groups in total. The minimum Gasteiger partial charge on any atom is -0.309 e. The SMILES string of the molecule is CC1(C)c2ccccc2-c2c(-n3c4ccccc4c4c5ccc6c(c5ccc43)C(C)(C)c3ccccc3-6)cccc21. The Morgan fingerprint density at radius 1 is 0.439 bits per heavy atom. The van der Waals surface area contributed by atoms with Gasteiger partial charge in [-0.1, -0.05) is 125 Å². The molecule has 6 aromatic carbocycles. The lowest BCUT2D eigenvalue weighted by molar-refractivity contribution is 0.660. The molecule has 2 aliphatic carbocycles. The van der Waals surface area contributed by atoms with E-state index in [1.54, 1.807) is 0 Å². The van der Waals surface area contributed by atoms with Gasteiger partial charge in [0.1, 0.15) is 0 Å². The highest BCUT2D eigenvalue weighted by Crippen LogP contribution is 2.54. The van der Waals surface area contributed by atoms with Crippen LogP contribution in [-0.4, -0.2) is 4.57 Å². The van der Waals surface area contributed by atoms with E-state index in [1.165, 1.54) is 82.8 Å². The van der Waals surface area contributed by atoms with Gasteiger partial charge in [-0.2, -0.15) is 0 Å². The normalized spacial score (nSPS) is 15.7. The molecule has 0 aliphatic heterocycles. The van der Waals surface area contributed by atoms with E-state index in [2.05, 4.69) is 148 Å². The first-order valence-corrected chi connectivity index (χ1v) is 14.7. The molecule has 0 bridgehead atoms. The smallest absolute Gasteiger partial charge is 0.0547 e. The fourth-order valence-corrected chi connectivity index (χ4v) is 8.35. The van der Waals surface area contributed by atoms with Gasteiger partial charge in [-0.05, 0) is 67.9 Å². The molecule has 196 valence electrons. The molecular weight excluding hydrogens is 494 g/mol. The first-order valence-electron chi connectivity index (χ1n) is 14.7. The Balaban J connectivity index is 1.41. The van der Waals surface area contributed by atoms with Gasteiger partial charge >= 0.3 is 0 Å². The maximum absolute atomic E-state index is 2.52. The molecule has 0 spiro atoms. The van der Waals surface area contributed by atoms with E-state index in [4.69, 9.17) is 0 Å². The summed E-state index contributed by atoms with van der Waals surface area (Å²) in [5.41, 5.74) is 14.9. The van der Waals surface area contributed by atoms with Crippen molar-refractivity contribution in [1.82, 2.24) is 4.57 Å². The van der Waals surface area contributed by atoms with Crippen LogP contribution < -0.4 is 0 Å². The summed E-state index contributed by atoms with van der Waals surface area (Å²) in [6.45, 7) is 9.50. The number of hydrogen-bond donors (Lipinski definition) is 0. The molecule has 0 unspecified atom stereocenters. The van der Waals surface area contributed by atoms with Crippen LogP contribution in [0, 0.1) is 0 Å². The molecule has 7 aromatic rings. The molecule has 2 aliphatic rings. The maximum Gasteiger partial charge on any atom is 0.0547 e. The van der Waals surface area contributed by atoms with Crippen LogP contribution >= 0.6 is 0 Å². The first kappa shape index (κ1) is 23.1. The van der Waals surface area contributed by atoms with Crippen molar-refractivity contribution in [2.75, 3.05) is 0 Å². The van der Waals surface area contributed by atoms with Crippen LogP contribution in [-0.2, 0) is 10.8 Å². The number of hydrogen-bond acceptors (Lipinski definition) is 0. The highest BCUT2D eigenvalue weighted by Gasteiger charge is 2.38. The lowest BCUT2D eigenvalue weighted by Crippen LogP contribution is -2.15. The van der Waals surface area contributed by atoms with Crippen molar-refractivity contribution >= 4 is 32.6 Å². The zero-order valence-electron chi connectivity index (χ0n) is 23.9. The largest absolute Gasteiger partial charge is 0.309 e. The van der Waals surface area contributed by atoms with Crippen molar-refractivity contribution < 1.29 is 0 Å². The number of fused-ring (bicyclic) bond motifs is 12. The number of aromatic nitrogens is 1. The fourth-order valence-electron chi connectivity index (χ4n) is 8.35. The van der Waals surface area contributed by atoms with E-state index in [0.29, 0.717) is 0 Å². The van der Waals surface area contributed by atoms with Crippen LogP contribution in [0.3, 0.4) is 0 Å². The van der Waals surface area contributed by atoms with Crippen LogP contribution in [0.5, 0.6) is 0 Å². The molecule has 0 fully saturated rings. The van der Waals surface area contributed by atoms with Gasteiger partial charge in [0.2, 0.25) is 0 Å². The highest BCUT2D eigenvalue weighted by molar-refractivity contribution is 6.23. The predicted molar refractivity (Wildman–Crippen MR) is 173 cm³/mol. The molecule has 1 aromatic heterocycles. The highest BCUT2D eigenvalue weighted by atomic mass is 15.0. The van der Waals surface area contributed by atoms with Gasteiger partial charge in [0, 0.05) is 27.2 Å². The monoisotopic (exact) mass is 525 g/mol. The molecule has 1 heterocycles. The Morgan fingerprint density at radius 3 is 1.93 bits per heavy atom. The van der Waals surface area contributed by atoms with E-state index in [9.17, 15) is 0 Å². The molecule has 0 saturated carbocycles. The third-order valence-electron chi connectivity index (χ3n) is 10.2. The van der Waals surface area contributed by atoms with E-state index in [1.807, 2.05) is 0 Å². The molecule has 0 saturated heterocycles. The standard InChI is InChI=1S/C40H31N/c1-39(2)31-16-9-6-13-28(31)37-32(39)17-11-19-34(37)41-33-18-10-7-14-29(33)36-25-20-21-26-24-12-5-8-15-30(24)40(3,4)38(26)27(25)22-23-35(36)41/h5-23H,1-4H3. The molecule has 1 nitrogen and oxygen atoms in total. The Morgan fingerprint density at radius 2 is 1.10 bits per heavy atom. The average molecular weight is 526 g/mol. The average Bonchev–Trinajstić information content (AvgIpc) is 3.55. The van der Waals surface area contributed by atoms with Gasteiger partial charge in [0.05, 0.1) is 16.7 Å². The number of para-hydroxylation sites is 1. The second-order valence-electron chi connectivity index (χ2n) is 12.9. The number of nitrogens with zero attached hydrogens (tertiary/aromatic N) is 1. The molecule has 1 heteroatoms. The van der Waals surface area contributed by atoms with E-state index in [0.717, 1.165) is 0 Å². The summed E-state index contributed by atoms with van der Waals surface area (Å²) in [6, 6.07) is 43.3. The second kappa shape index (κ2) is 7.56. The molecule has 0 amide bonds. The Bertz CT molecular complexity index is 2260. The second-order valence-corrected chi connectivity index (χ2v) is 12.9. The lowest BCUT2D eigenvalue weighted by Gasteiger charge is -2.23. The van der Waals surface area contributed by atoms with Gasteiger partial charge < -0.3 is 4.57 Å². The summed E-state index contributed by atoms with van der Waals surface area (Å²) in [6.07, 6.45) is 0. The van der Waals surface area contributed by atoms with Gasteiger partial charge in [-0.25, -0.2) is 0 Å². The predicted octanol–water partition coefficient (Wildman–Crippen LogP) is 10.5. The Hall–Kier alpha value is -4.62. The zero-order chi connectivity index (χ0) is 27.7. The van der Waals surface area contributed by atoms with Gasteiger partial charge in [-0.15, -0.1) is 0 Å². The summed E-state index contributed by atoms with van der Waals surface area (Å²) < 4.78 is 2.52. The minimum absolute atomic E-state index is 0.0332. The molecule has 0 radical (unpaired) electrons. The van der Waals surface area contributed by atoms with Crippen LogP contribution in [0.2, 0.25) is 0 Å². The van der Waals surface area contributed by atoms with Gasteiger partial charge in [0.25, 0.3) is 0 Å². The Labute approximate surface area is 240 Å². The molecule has 9 rings (SSSR count). The van der Waals surface area contributed by atoms with Crippen molar-refractivity contribution in [3.8, 4) is 27.9 Å². The van der Waals surface area contributed by atoms with Crippen LogP contribution in [0.15, 0.2) is 115 Å². The summed E-state index contributed by atoms with van der Waals surface area (Å²) in [5, 5.41) is 5.36. The topological polar surface area (TPSA) is 4.93 Å². The number of rotatable bonds is 1. The maximum atomic E-state index is 2.52. The third kappa shape index (κ3) is 2.72. The quantitative estimate of drug-likeness (QED) is 0.201. The zero-order valence-corrected chi connectivity index (χ0v) is 23.9. The minimum atomic E-state index is -0.0486. The van der Waals surface area contributed by atoms with E-state index in [-0.39, 0.29) is 10.8 Å². The lowest BCUT2D eigenvalue weighted by atomic mass is 9.80. The van der Waals surface area contributed by atoms with Crippen LogP contribution in [0.4, 0.5) is 0 Å². The van der Waals surface area contributed by atoms with Crippen molar-refractivity contribution in [2.45, 2.75) is 38.5 Å². The van der Waals surface area contributed by atoms with E-state index < -0.39 is 0 Å². The van der Waals surface area contributed by atoms with Crippen molar-refractivity contribution in [3.63, 3.8) is 0 Å². The fraction of sp³-hybridized carbons (Fsp3) is 0.150. The van der Waals surface area contributed by atoms with Crippen LogP contribution in [0.25, 0.3) is 60.5 Å². The third-order valence-corrected chi connectivity index (χ3v) is 10.2. The van der Waals surface area contributed by atoms with E-state index >= 15 is 0 Å². The molecule has 41 heavy (non-hydrogen) atoms. The summed E-state index contributed by atoms with van der Waals surface area (Å²) in [4.78, 5) is 0. The van der Waals surface area contributed by atoms with Crippen LogP contribution in [0.1, 0.15) is 49.9 Å². The van der Waals surface area contributed by atoms with Crippen molar-refractivity contribution in [1.29, 1.82) is 0 Å². The summed E-state index contributed by atoms with van der Waals surface area (Å²) in [7, 11) is 0. The van der Waals surface area contributed by atoms with Gasteiger partial charge in [-0.3, -0.25) is 0 Å². The molecule has 0 atom stereocenters. The Kier molecular flexibility index (Phi) is 4.26. The van der Waals surface area contributed by atoms with Crippen molar-refractivity contribution in [3.05, 3.63) is 138 Å². The first-order chi connectivity index (χ1) is 19.9. The summed E-state index contributed by atoms with van der Waals surface area (Å²) >= 11 is 0. The summed E-state index contributed by atoms with van der Waals surface area (Å²) in [5.74, 6) is 0. The molecular formula is C40H31N. The van der Waals surface area contributed by atoms with Crippen molar-refractivity contribution in [2.24, 2.45) is 0 Å². The number of benzene rings is 6. The van der Waals surface area contributed by atoms with Gasteiger partial charge in [0.15, 0.2) is 0 Å².